The fourth-order valence-corrected chi connectivity index (χ4v) is 3.49. The SMILES string of the molecule is COc1cccc(CN2CCN(Cc3cccnc3)C[C@@H]2CCO)c1. The van der Waals surface area contributed by atoms with Gasteiger partial charge in [0.2, 0.25) is 0 Å². The van der Waals surface area contributed by atoms with Crippen LogP contribution in [0.5, 0.6) is 5.75 Å². The minimum absolute atomic E-state index is 0.222. The first-order valence-corrected chi connectivity index (χ1v) is 8.87. The molecule has 1 aromatic carbocycles. The molecular weight excluding hydrogens is 314 g/mol. The van der Waals surface area contributed by atoms with Crippen molar-refractivity contribution in [1.29, 1.82) is 0 Å². The number of ether oxygens (including phenoxy) is 1. The second-order valence-electron chi connectivity index (χ2n) is 6.58. The molecule has 0 spiro atoms. The van der Waals surface area contributed by atoms with Crippen LogP contribution in [0.2, 0.25) is 0 Å². The van der Waals surface area contributed by atoms with E-state index in [1.807, 2.05) is 30.6 Å². The summed E-state index contributed by atoms with van der Waals surface area (Å²) in [5.41, 5.74) is 2.49. The second-order valence-corrected chi connectivity index (χ2v) is 6.58. The van der Waals surface area contributed by atoms with Crippen molar-refractivity contribution in [3.63, 3.8) is 0 Å². The zero-order valence-corrected chi connectivity index (χ0v) is 14.8. The molecule has 0 saturated carbocycles. The van der Waals surface area contributed by atoms with E-state index in [1.165, 1.54) is 11.1 Å². The molecule has 0 aliphatic carbocycles. The maximum atomic E-state index is 9.49. The molecule has 5 heteroatoms. The Bertz CT molecular complexity index is 650. The Morgan fingerprint density at radius 1 is 1.16 bits per heavy atom. The number of rotatable bonds is 7. The Morgan fingerprint density at radius 3 is 2.80 bits per heavy atom. The fraction of sp³-hybridized carbons (Fsp3) is 0.450. The predicted octanol–water partition coefficient (Wildman–Crippen LogP) is 2.16. The van der Waals surface area contributed by atoms with Crippen LogP contribution < -0.4 is 4.74 Å². The van der Waals surface area contributed by atoms with Crippen molar-refractivity contribution in [1.82, 2.24) is 14.8 Å². The van der Waals surface area contributed by atoms with Gasteiger partial charge in [0, 0.05) is 57.8 Å². The van der Waals surface area contributed by atoms with Gasteiger partial charge in [0.15, 0.2) is 0 Å². The van der Waals surface area contributed by atoms with Gasteiger partial charge in [0.25, 0.3) is 0 Å². The predicted molar refractivity (Wildman–Crippen MR) is 98.4 cm³/mol. The molecule has 1 fully saturated rings. The lowest BCUT2D eigenvalue weighted by molar-refractivity contribution is 0.0499. The summed E-state index contributed by atoms with van der Waals surface area (Å²) >= 11 is 0. The molecule has 2 aromatic rings. The minimum atomic E-state index is 0.222. The van der Waals surface area contributed by atoms with Crippen molar-refractivity contribution in [3.8, 4) is 5.75 Å². The number of benzene rings is 1. The smallest absolute Gasteiger partial charge is 0.119 e. The minimum Gasteiger partial charge on any atom is -0.497 e. The lowest BCUT2D eigenvalue weighted by Gasteiger charge is -2.41. The Hall–Kier alpha value is -1.95. The van der Waals surface area contributed by atoms with E-state index >= 15 is 0 Å². The van der Waals surface area contributed by atoms with Crippen molar-refractivity contribution in [2.75, 3.05) is 33.4 Å². The lowest BCUT2D eigenvalue weighted by atomic mass is 10.1. The van der Waals surface area contributed by atoms with Crippen LogP contribution in [-0.2, 0) is 13.1 Å². The summed E-state index contributed by atoms with van der Waals surface area (Å²) in [4.78, 5) is 9.14. The highest BCUT2D eigenvalue weighted by Crippen LogP contribution is 2.20. The van der Waals surface area contributed by atoms with E-state index in [-0.39, 0.29) is 6.61 Å². The molecule has 134 valence electrons. The van der Waals surface area contributed by atoms with Crippen LogP contribution in [0.3, 0.4) is 0 Å². The van der Waals surface area contributed by atoms with Crippen LogP contribution in [0.1, 0.15) is 17.5 Å². The maximum absolute atomic E-state index is 9.49. The van der Waals surface area contributed by atoms with E-state index in [2.05, 4.69) is 33.0 Å². The fourth-order valence-electron chi connectivity index (χ4n) is 3.49. The van der Waals surface area contributed by atoms with Gasteiger partial charge in [0.1, 0.15) is 5.75 Å². The molecule has 25 heavy (non-hydrogen) atoms. The summed E-state index contributed by atoms with van der Waals surface area (Å²) in [7, 11) is 1.70. The summed E-state index contributed by atoms with van der Waals surface area (Å²) in [6.07, 6.45) is 4.54. The summed E-state index contributed by atoms with van der Waals surface area (Å²) < 4.78 is 5.33. The maximum Gasteiger partial charge on any atom is 0.119 e. The van der Waals surface area contributed by atoms with Crippen LogP contribution in [0.15, 0.2) is 48.8 Å². The number of hydrogen-bond donors (Lipinski definition) is 1. The first-order chi connectivity index (χ1) is 12.3. The summed E-state index contributed by atoms with van der Waals surface area (Å²) in [6.45, 7) is 5.04. The van der Waals surface area contributed by atoms with E-state index in [9.17, 15) is 5.11 Å². The number of aliphatic hydroxyl groups excluding tert-OH is 1. The first-order valence-electron chi connectivity index (χ1n) is 8.87. The zero-order valence-electron chi connectivity index (χ0n) is 14.8. The molecule has 1 saturated heterocycles. The molecule has 1 N–H and O–H groups in total. The largest absolute Gasteiger partial charge is 0.497 e. The molecule has 0 unspecified atom stereocenters. The average Bonchev–Trinajstić information content (AvgIpc) is 2.65. The third-order valence-corrected chi connectivity index (χ3v) is 4.80. The standard InChI is InChI=1S/C20H27N3O2/c1-25-20-6-2-4-17(12-20)15-23-10-9-22(16-19(23)7-11-24)14-18-5-3-8-21-13-18/h2-6,8,12-13,19,24H,7,9-11,14-16H2,1H3/t19-/m0/s1. The van der Waals surface area contributed by atoms with Gasteiger partial charge < -0.3 is 9.84 Å². The van der Waals surface area contributed by atoms with E-state index < -0.39 is 0 Å². The average molecular weight is 341 g/mol. The van der Waals surface area contributed by atoms with Gasteiger partial charge in [-0.1, -0.05) is 18.2 Å². The molecule has 5 nitrogen and oxygen atoms in total. The summed E-state index contributed by atoms with van der Waals surface area (Å²) in [5.74, 6) is 0.895. The zero-order chi connectivity index (χ0) is 17.5. The highest BCUT2D eigenvalue weighted by Gasteiger charge is 2.26. The molecule has 0 bridgehead atoms. The Balaban J connectivity index is 1.63. The van der Waals surface area contributed by atoms with Gasteiger partial charge in [0.05, 0.1) is 7.11 Å². The normalized spacial score (nSPS) is 19.0. The molecule has 0 radical (unpaired) electrons. The number of pyridine rings is 1. The monoisotopic (exact) mass is 341 g/mol. The van der Waals surface area contributed by atoms with Crippen molar-refractivity contribution in [2.45, 2.75) is 25.6 Å². The van der Waals surface area contributed by atoms with Crippen LogP contribution in [-0.4, -0.2) is 59.3 Å². The molecule has 0 amide bonds. The first kappa shape index (κ1) is 17.9. The van der Waals surface area contributed by atoms with Crippen molar-refractivity contribution in [2.24, 2.45) is 0 Å². The number of piperazine rings is 1. The molecular formula is C20H27N3O2. The van der Waals surface area contributed by atoms with Crippen molar-refractivity contribution >= 4 is 0 Å². The van der Waals surface area contributed by atoms with Gasteiger partial charge in [-0.05, 0) is 35.7 Å². The Kier molecular flexibility index (Phi) is 6.39. The number of aliphatic hydroxyl groups is 1. The van der Waals surface area contributed by atoms with Crippen molar-refractivity contribution in [3.05, 3.63) is 59.9 Å². The highest BCUT2D eigenvalue weighted by molar-refractivity contribution is 5.28. The van der Waals surface area contributed by atoms with Gasteiger partial charge >= 0.3 is 0 Å². The number of aromatic nitrogens is 1. The summed E-state index contributed by atoms with van der Waals surface area (Å²) in [5, 5.41) is 9.49. The van der Waals surface area contributed by atoms with E-state index in [0.29, 0.717) is 6.04 Å². The highest BCUT2D eigenvalue weighted by atomic mass is 16.5. The lowest BCUT2D eigenvalue weighted by Crippen LogP contribution is -2.52. The molecule has 3 rings (SSSR count). The second kappa shape index (κ2) is 8.94. The van der Waals surface area contributed by atoms with Crippen LogP contribution in [0.25, 0.3) is 0 Å². The third-order valence-electron chi connectivity index (χ3n) is 4.80. The topological polar surface area (TPSA) is 48.8 Å². The molecule has 1 aromatic heterocycles. The van der Waals surface area contributed by atoms with Crippen LogP contribution >= 0.6 is 0 Å². The molecule has 2 heterocycles. The summed E-state index contributed by atoms with van der Waals surface area (Å²) in [6, 6.07) is 12.7. The van der Waals surface area contributed by atoms with E-state index in [4.69, 9.17) is 4.74 Å². The third kappa shape index (κ3) is 5.01. The Labute approximate surface area is 149 Å². The van der Waals surface area contributed by atoms with Crippen molar-refractivity contribution < 1.29 is 9.84 Å². The van der Waals surface area contributed by atoms with Gasteiger partial charge in [-0.3, -0.25) is 14.8 Å². The molecule has 1 aliphatic heterocycles. The van der Waals surface area contributed by atoms with Crippen LogP contribution in [0.4, 0.5) is 0 Å². The number of hydrogen-bond acceptors (Lipinski definition) is 5. The number of methoxy groups -OCH3 is 1. The van der Waals surface area contributed by atoms with Gasteiger partial charge in [-0.2, -0.15) is 0 Å². The van der Waals surface area contributed by atoms with E-state index in [1.54, 1.807) is 7.11 Å². The molecule has 1 aliphatic rings. The Morgan fingerprint density at radius 2 is 2.04 bits per heavy atom. The van der Waals surface area contributed by atoms with E-state index in [0.717, 1.165) is 44.9 Å². The van der Waals surface area contributed by atoms with Crippen LogP contribution in [0, 0.1) is 0 Å². The quantitative estimate of drug-likeness (QED) is 0.836. The van der Waals surface area contributed by atoms with Gasteiger partial charge in [-0.15, -0.1) is 0 Å². The molecule has 1 atom stereocenters. The van der Waals surface area contributed by atoms with Gasteiger partial charge in [-0.25, -0.2) is 0 Å². The number of nitrogens with zero attached hydrogens (tertiary/aromatic N) is 3.